The Balaban J connectivity index is 0.00000169. The lowest BCUT2D eigenvalue weighted by atomic mass is 10.1. The predicted octanol–water partition coefficient (Wildman–Crippen LogP) is 1.14. The Morgan fingerprint density at radius 1 is 1.50 bits per heavy atom. The van der Waals surface area contributed by atoms with Crippen molar-refractivity contribution in [2.75, 3.05) is 0 Å². The van der Waals surface area contributed by atoms with Gasteiger partial charge in [0.05, 0.1) is 6.10 Å². The van der Waals surface area contributed by atoms with Gasteiger partial charge < -0.3 is 10.8 Å². The van der Waals surface area contributed by atoms with Crippen LogP contribution in [0.5, 0.6) is 0 Å². The van der Waals surface area contributed by atoms with E-state index in [2.05, 4.69) is 4.98 Å². The van der Waals surface area contributed by atoms with E-state index in [0.717, 1.165) is 12.1 Å². The molecule has 0 unspecified atom stereocenters. The second kappa shape index (κ2) is 6.76. The van der Waals surface area contributed by atoms with Gasteiger partial charge in [0.2, 0.25) is 0 Å². The molecule has 1 aromatic rings. The first-order valence-electron chi connectivity index (χ1n) is 4.52. The zero-order valence-electron chi connectivity index (χ0n) is 8.26. The van der Waals surface area contributed by atoms with Crippen molar-refractivity contribution in [2.45, 2.75) is 31.9 Å². The van der Waals surface area contributed by atoms with E-state index < -0.39 is 0 Å². The smallest absolute Gasteiger partial charge is 0.0527 e. The van der Waals surface area contributed by atoms with Crippen LogP contribution in [0.15, 0.2) is 24.4 Å². The van der Waals surface area contributed by atoms with E-state index in [1.165, 1.54) is 0 Å². The lowest BCUT2D eigenvalue weighted by Crippen LogP contribution is -2.27. The number of aliphatic hydroxyl groups is 1. The van der Waals surface area contributed by atoms with E-state index in [-0.39, 0.29) is 24.6 Å². The number of halogens is 1. The summed E-state index contributed by atoms with van der Waals surface area (Å²) in [5.41, 5.74) is 6.79. The second-order valence-corrected chi connectivity index (χ2v) is 3.37. The van der Waals surface area contributed by atoms with Gasteiger partial charge >= 0.3 is 0 Å². The molecule has 1 heterocycles. The largest absolute Gasteiger partial charge is 0.393 e. The highest BCUT2D eigenvalue weighted by molar-refractivity contribution is 5.85. The Bertz CT molecular complexity index is 241. The first-order chi connectivity index (χ1) is 6.18. The van der Waals surface area contributed by atoms with Gasteiger partial charge in [0.25, 0.3) is 0 Å². The third kappa shape index (κ3) is 5.17. The van der Waals surface area contributed by atoms with Crippen LogP contribution in [0.2, 0.25) is 0 Å². The van der Waals surface area contributed by atoms with Crippen molar-refractivity contribution in [3.63, 3.8) is 0 Å². The summed E-state index contributed by atoms with van der Waals surface area (Å²) in [4.78, 5) is 4.16. The average molecular weight is 217 g/mol. The summed E-state index contributed by atoms with van der Waals surface area (Å²) < 4.78 is 0. The Hall–Kier alpha value is -0.640. The van der Waals surface area contributed by atoms with Crippen molar-refractivity contribution in [3.8, 4) is 0 Å². The zero-order chi connectivity index (χ0) is 9.68. The summed E-state index contributed by atoms with van der Waals surface area (Å²) in [5, 5.41) is 9.10. The Labute approximate surface area is 90.8 Å². The molecular weight excluding hydrogens is 200 g/mol. The van der Waals surface area contributed by atoms with Crippen LogP contribution in [0.3, 0.4) is 0 Å². The molecular formula is C10H17ClN2O. The minimum atomic E-state index is -0.335. The van der Waals surface area contributed by atoms with Crippen molar-refractivity contribution >= 4 is 12.4 Å². The second-order valence-electron chi connectivity index (χ2n) is 3.37. The number of hydrogen-bond donors (Lipinski definition) is 2. The summed E-state index contributed by atoms with van der Waals surface area (Å²) >= 11 is 0. The van der Waals surface area contributed by atoms with Crippen LogP contribution in [0.4, 0.5) is 0 Å². The number of nitrogens with two attached hydrogens (primary N) is 1. The van der Waals surface area contributed by atoms with Crippen molar-refractivity contribution in [2.24, 2.45) is 5.73 Å². The van der Waals surface area contributed by atoms with Gasteiger partial charge in [-0.3, -0.25) is 4.98 Å². The molecule has 0 aliphatic carbocycles. The molecule has 1 rings (SSSR count). The number of aliphatic hydroxyl groups excluding tert-OH is 1. The molecule has 0 spiro atoms. The van der Waals surface area contributed by atoms with Gasteiger partial charge in [-0.15, -0.1) is 12.4 Å². The van der Waals surface area contributed by atoms with Gasteiger partial charge in [0, 0.05) is 24.4 Å². The fourth-order valence-corrected chi connectivity index (χ4v) is 1.31. The zero-order valence-corrected chi connectivity index (χ0v) is 9.07. The molecule has 0 aromatic carbocycles. The van der Waals surface area contributed by atoms with Crippen LogP contribution in [0.1, 0.15) is 19.0 Å². The molecule has 3 nitrogen and oxygen atoms in total. The van der Waals surface area contributed by atoms with Crippen LogP contribution < -0.4 is 5.73 Å². The van der Waals surface area contributed by atoms with Crippen molar-refractivity contribution < 1.29 is 5.11 Å². The van der Waals surface area contributed by atoms with Crippen LogP contribution in [0.25, 0.3) is 0 Å². The fourth-order valence-electron chi connectivity index (χ4n) is 1.31. The molecule has 0 bridgehead atoms. The summed E-state index contributed by atoms with van der Waals surface area (Å²) in [6.45, 7) is 1.75. The monoisotopic (exact) mass is 216 g/mol. The quantitative estimate of drug-likeness (QED) is 0.794. The van der Waals surface area contributed by atoms with Crippen LogP contribution >= 0.6 is 12.4 Å². The van der Waals surface area contributed by atoms with E-state index in [0.29, 0.717) is 6.42 Å². The van der Waals surface area contributed by atoms with Crippen LogP contribution in [-0.2, 0) is 6.42 Å². The van der Waals surface area contributed by atoms with Crippen molar-refractivity contribution in [1.82, 2.24) is 4.98 Å². The first-order valence-corrected chi connectivity index (χ1v) is 4.52. The molecule has 4 heteroatoms. The molecule has 0 amide bonds. The highest BCUT2D eigenvalue weighted by Gasteiger charge is 2.07. The first kappa shape index (κ1) is 13.4. The normalized spacial score (nSPS) is 14.2. The average Bonchev–Trinajstić information content (AvgIpc) is 2.04. The minimum Gasteiger partial charge on any atom is -0.393 e. The van der Waals surface area contributed by atoms with Gasteiger partial charge in [-0.25, -0.2) is 0 Å². The molecule has 0 aliphatic rings. The minimum absolute atomic E-state index is 0. The molecule has 14 heavy (non-hydrogen) atoms. The van der Waals surface area contributed by atoms with Gasteiger partial charge in [0.15, 0.2) is 0 Å². The van der Waals surface area contributed by atoms with Gasteiger partial charge in [-0.05, 0) is 25.5 Å². The van der Waals surface area contributed by atoms with Gasteiger partial charge in [0.1, 0.15) is 0 Å². The maximum absolute atomic E-state index is 9.10. The number of nitrogens with zero attached hydrogens (tertiary/aromatic N) is 1. The summed E-state index contributed by atoms with van der Waals surface area (Å²) in [6, 6.07) is 5.76. The van der Waals surface area contributed by atoms with E-state index in [1.807, 2.05) is 18.2 Å². The van der Waals surface area contributed by atoms with Gasteiger partial charge in [-0.1, -0.05) is 6.07 Å². The van der Waals surface area contributed by atoms with E-state index in [4.69, 9.17) is 10.8 Å². The summed E-state index contributed by atoms with van der Waals surface area (Å²) in [6.07, 6.45) is 2.77. The number of hydrogen-bond acceptors (Lipinski definition) is 3. The highest BCUT2D eigenvalue weighted by atomic mass is 35.5. The summed E-state index contributed by atoms with van der Waals surface area (Å²) in [7, 11) is 0. The van der Waals surface area contributed by atoms with Crippen molar-refractivity contribution in [3.05, 3.63) is 30.1 Å². The van der Waals surface area contributed by atoms with Crippen LogP contribution in [0, 0.1) is 0 Å². The topological polar surface area (TPSA) is 59.1 Å². The number of aromatic nitrogens is 1. The molecule has 0 aliphatic heterocycles. The van der Waals surface area contributed by atoms with E-state index in [9.17, 15) is 0 Å². The third-order valence-electron chi connectivity index (χ3n) is 1.84. The molecule has 80 valence electrons. The van der Waals surface area contributed by atoms with Crippen molar-refractivity contribution in [1.29, 1.82) is 0 Å². The number of pyridine rings is 1. The molecule has 3 N–H and O–H groups in total. The van der Waals surface area contributed by atoms with E-state index >= 15 is 0 Å². The molecule has 1 aromatic heterocycles. The number of rotatable bonds is 4. The molecule has 0 radical (unpaired) electrons. The van der Waals surface area contributed by atoms with Gasteiger partial charge in [-0.2, -0.15) is 0 Å². The highest BCUT2D eigenvalue weighted by Crippen LogP contribution is 2.02. The SMILES string of the molecule is C[C@@H](O)C[C@@H](N)Cc1ccccn1.Cl. The Morgan fingerprint density at radius 2 is 2.21 bits per heavy atom. The predicted molar refractivity (Wildman–Crippen MR) is 59.5 cm³/mol. The summed E-state index contributed by atoms with van der Waals surface area (Å²) in [5.74, 6) is 0. The fraction of sp³-hybridized carbons (Fsp3) is 0.500. The molecule has 0 saturated carbocycles. The maximum atomic E-state index is 9.10. The van der Waals surface area contributed by atoms with E-state index in [1.54, 1.807) is 13.1 Å². The lowest BCUT2D eigenvalue weighted by Gasteiger charge is -2.12. The Kier molecular flexibility index (Phi) is 6.45. The molecule has 0 fully saturated rings. The van der Waals surface area contributed by atoms with Crippen LogP contribution in [-0.4, -0.2) is 22.2 Å². The molecule has 0 saturated heterocycles. The lowest BCUT2D eigenvalue weighted by molar-refractivity contribution is 0.174. The standard InChI is InChI=1S/C10H16N2O.ClH/c1-8(13)6-9(11)7-10-4-2-3-5-12-10;/h2-5,8-9,13H,6-7,11H2,1H3;1H/t8-,9-;/m1./s1. The third-order valence-corrected chi connectivity index (χ3v) is 1.84. The maximum Gasteiger partial charge on any atom is 0.0527 e. The Morgan fingerprint density at radius 3 is 2.71 bits per heavy atom. The molecule has 2 atom stereocenters.